The molecule has 0 bridgehead atoms. The first-order valence-electron chi connectivity index (χ1n) is 6.70. The smallest absolute Gasteiger partial charge is 0.226 e. The molecule has 0 atom stereocenters. The van der Waals surface area contributed by atoms with Crippen LogP contribution in [0.4, 0.5) is 0 Å². The molecular formula is C13H24N2O2. The van der Waals surface area contributed by atoms with Gasteiger partial charge in [0.1, 0.15) is 0 Å². The third-order valence-corrected chi connectivity index (χ3v) is 4.48. The molecule has 1 saturated carbocycles. The Morgan fingerprint density at radius 2 is 1.94 bits per heavy atom. The van der Waals surface area contributed by atoms with Crippen molar-refractivity contribution >= 4 is 5.91 Å². The Morgan fingerprint density at radius 1 is 1.29 bits per heavy atom. The van der Waals surface area contributed by atoms with Crippen LogP contribution < -0.4 is 10.6 Å². The van der Waals surface area contributed by atoms with Gasteiger partial charge in [-0.05, 0) is 50.6 Å². The van der Waals surface area contributed by atoms with Crippen LogP contribution in [0.25, 0.3) is 0 Å². The first-order valence-corrected chi connectivity index (χ1v) is 6.70. The lowest BCUT2D eigenvalue weighted by Crippen LogP contribution is -2.47. The van der Waals surface area contributed by atoms with E-state index in [1.54, 1.807) is 0 Å². The highest BCUT2D eigenvalue weighted by Gasteiger charge is 2.43. The molecule has 1 heterocycles. The van der Waals surface area contributed by atoms with Crippen LogP contribution in [0.5, 0.6) is 0 Å². The number of amides is 1. The lowest BCUT2D eigenvalue weighted by Gasteiger charge is -2.33. The van der Waals surface area contributed by atoms with Gasteiger partial charge < -0.3 is 15.7 Å². The molecule has 17 heavy (non-hydrogen) atoms. The molecule has 2 fully saturated rings. The molecule has 1 aliphatic carbocycles. The van der Waals surface area contributed by atoms with Crippen molar-refractivity contribution < 1.29 is 9.90 Å². The monoisotopic (exact) mass is 240 g/mol. The van der Waals surface area contributed by atoms with Gasteiger partial charge in [0.2, 0.25) is 5.91 Å². The number of piperidine rings is 1. The lowest BCUT2D eigenvalue weighted by molar-refractivity contribution is -0.131. The molecule has 0 unspecified atom stereocenters. The number of nitrogens with one attached hydrogen (secondary N) is 2. The van der Waals surface area contributed by atoms with Crippen LogP contribution in [-0.2, 0) is 4.79 Å². The highest BCUT2D eigenvalue weighted by atomic mass is 16.3. The van der Waals surface area contributed by atoms with Gasteiger partial charge in [0, 0.05) is 18.6 Å². The van der Waals surface area contributed by atoms with E-state index >= 15 is 0 Å². The maximum absolute atomic E-state index is 12.2. The molecule has 0 aromatic rings. The number of hydrogen-bond acceptors (Lipinski definition) is 3. The summed E-state index contributed by atoms with van der Waals surface area (Å²) in [4.78, 5) is 12.2. The van der Waals surface area contributed by atoms with Crippen molar-refractivity contribution in [3.63, 3.8) is 0 Å². The topological polar surface area (TPSA) is 61.4 Å². The molecule has 0 radical (unpaired) electrons. The molecule has 1 amide bonds. The molecule has 1 aliphatic heterocycles. The second-order valence-electron chi connectivity index (χ2n) is 5.97. The molecule has 2 aliphatic rings. The average Bonchev–Trinajstić information content (AvgIpc) is 3.08. The van der Waals surface area contributed by atoms with E-state index in [0.29, 0.717) is 0 Å². The van der Waals surface area contributed by atoms with Crippen LogP contribution in [0.15, 0.2) is 0 Å². The highest BCUT2D eigenvalue weighted by molar-refractivity contribution is 5.82. The highest BCUT2D eigenvalue weighted by Crippen LogP contribution is 2.48. The van der Waals surface area contributed by atoms with Gasteiger partial charge in [-0.25, -0.2) is 0 Å². The second kappa shape index (κ2) is 4.94. The van der Waals surface area contributed by atoms with Gasteiger partial charge >= 0.3 is 0 Å². The van der Waals surface area contributed by atoms with Crippen molar-refractivity contribution in [2.45, 2.75) is 39.0 Å². The van der Waals surface area contributed by atoms with Crippen molar-refractivity contribution in [2.75, 3.05) is 26.2 Å². The van der Waals surface area contributed by atoms with Crippen LogP contribution in [-0.4, -0.2) is 37.3 Å². The fourth-order valence-corrected chi connectivity index (χ4v) is 2.62. The van der Waals surface area contributed by atoms with Crippen LogP contribution in [0, 0.1) is 10.8 Å². The Labute approximate surface area is 103 Å². The van der Waals surface area contributed by atoms with Crippen molar-refractivity contribution in [1.82, 2.24) is 10.6 Å². The number of rotatable bonds is 5. The van der Waals surface area contributed by atoms with Crippen LogP contribution in [0.3, 0.4) is 0 Å². The molecule has 1 saturated heterocycles. The third kappa shape index (κ3) is 2.99. The van der Waals surface area contributed by atoms with E-state index in [-0.39, 0.29) is 23.3 Å². The summed E-state index contributed by atoms with van der Waals surface area (Å²) in [6.45, 7) is 4.92. The maximum atomic E-state index is 12.2. The number of carbonyl (C=O) groups excluding carboxylic acids is 1. The molecule has 4 nitrogen and oxygen atoms in total. The van der Waals surface area contributed by atoms with E-state index in [0.717, 1.165) is 51.7 Å². The summed E-state index contributed by atoms with van der Waals surface area (Å²) in [6.07, 6.45) is 4.96. The average molecular weight is 240 g/mol. The molecule has 0 spiro atoms. The number of aliphatic hydroxyl groups is 1. The first kappa shape index (κ1) is 12.8. The molecule has 0 aromatic heterocycles. The molecule has 0 aromatic carbocycles. The zero-order valence-electron chi connectivity index (χ0n) is 10.7. The first-order chi connectivity index (χ1) is 8.10. The minimum Gasteiger partial charge on any atom is -0.396 e. The lowest BCUT2D eigenvalue weighted by atomic mass is 9.80. The molecule has 3 N–H and O–H groups in total. The summed E-state index contributed by atoms with van der Waals surface area (Å²) in [7, 11) is 0. The van der Waals surface area contributed by atoms with Gasteiger partial charge in [-0.3, -0.25) is 4.79 Å². The Kier molecular flexibility index (Phi) is 3.73. The van der Waals surface area contributed by atoms with E-state index < -0.39 is 0 Å². The van der Waals surface area contributed by atoms with Gasteiger partial charge in [0.05, 0.1) is 0 Å². The van der Waals surface area contributed by atoms with Gasteiger partial charge in [-0.2, -0.15) is 0 Å². The third-order valence-electron chi connectivity index (χ3n) is 4.48. The van der Waals surface area contributed by atoms with Gasteiger partial charge in [0.25, 0.3) is 0 Å². The second-order valence-corrected chi connectivity index (χ2v) is 5.97. The minimum absolute atomic E-state index is 0.194. The van der Waals surface area contributed by atoms with Crippen molar-refractivity contribution in [3.05, 3.63) is 0 Å². The largest absolute Gasteiger partial charge is 0.396 e. The number of aliphatic hydroxyl groups excluding tert-OH is 1. The zero-order valence-corrected chi connectivity index (χ0v) is 10.7. The van der Waals surface area contributed by atoms with Crippen molar-refractivity contribution in [2.24, 2.45) is 10.8 Å². The summed E-state index contributed by atoms with van der Waals surface area (Å²) < 4.78 is 0. The van der Waals surface area contributed by atoms with Crippen LogP contribution >= 0.6 is 0 Å². The van der Waals surface area contributed by atoms with E-state index in [4.69, 9.17) is 5.11 Å². The number of hydrogen-bond donors (Lipinski definition) is 3. The standard InChI is InChI=1S/C13H24N2O2/c1-12(4-7-14-8-5-12)11(17)15-10-13(2-3-13)6-9-16/h14,16H,2-10H2,1H3,(H,15,17). The predicted octanol–water partition coefficient (Wildman–Crippen LogP) is 0.655. The van der Waals surface area contributed by atoms with E-state index in [1.807, 2.05) is 0 Å². The van der Waals surface area contributed by atoms with Crippen molar-refractivity contribution in [1.29, 1.82) is 0 Å². The fraction of sp³-hybridized carbons (Fsp3) is 0.923. The minimum atomic E-state index is -0.194. The SMILES string of the molecule is CC1(C(=O)NCC2(CCO)CC2)CCNCC1. The Bertz CT molecular complexity index is 281. The normalized spacial score (nSPS) is 25.3. The van der Waals surface area contributed by atoms with E-state index in [1.165, 1.54) is 0 Å². The van der Waals surface area contributed by atoms with Gasteiger partial charge in [-0.15, -0.1) is 0 Å². The van der Waals surface area contributed by atoms with Crippen LogP contribution in [0.1, 0.15) is 39.0 Å². The van der Waals surface area contributed by atoms with Crippen molar-refractivity contribution in [3.8, 4) is 0 Å². The zero-order chi connectivity index (χ0) is 12.4. The summed E-state index contributed by atoms with van der Waals surface area (Å²) in [5.74, 6) is 0.197. The summed E-state index contributed by atoms with van der Waals surface area (Å²) >= 11 is 0. The maximum Gasteiger partial charge on any atom is 0.226 e. The molecule has 98 valence electrons. The summed E-state index contributed by atoms with van der Waals surface area (Å²) in [5.41, 5.74) is 0.0221. The van der Waals surface area contributed by atoms with E-state index in [9.17, 15) is 4.79 Å². The molecular weight excluding hydrogens is 216 g/mol. The fourth-order valence-electron chi connectivity index (χ4n) is 2.62. The van der Waals surface area contributed by atoms with E-state index in [2.05, 4.69) is 17.6 Å². The van der Waals surface area contributed by atoms with Crippen LogP contribution in [0.2, 0.25) is 0 Å². The molecule has 4 heteroatoms. The molecule has 2 rings (SSSR count). The Morgan fingerprint density at radius 3 is 2.47 bits per heavy atom. The summed E-state index contributed by atoms with van der Waals surface area (Å²) in [6, 6.07) is 0. The van der Waals surface area contributed by atoms with Gasteiger partial charge in [0.15, 0.2) is 0 Å². The number of carbonyl (C=O) groups is 1. The Hall–Kier alpha value is -0.610. The Balaban J connectivity index is 1.80. The van der Waals surface area contributed by atoms with Gasteiger partial charge in [-0.1, -0.05) is 6.92 Å². The predicted molar refractivity (Wildman–Crippen MR) is 66.6 cm³/mol. The quantitative estimate of drug-likeness (QED) is 0.661. The summed E-state index contributed by atoms with van der Waals surface area (Å²) in [5, 5.41) is 15.4.